The van der Waals surface area contributed by atoms with Gasteiger partial charge in [0.1, 0.15) is 5.60 Å². The molecule has 2 aliphatic heterocycles. The average Bonchev–Trinajstić information content (AvgIpc) is 3.60. The summed E-state index contributed by atoms with van der Waals surface area (Å²) in [4.78, 5) is 22.3. The number of amides is 1. The molecule has 13 heteroatoms. The number of aromatic nitrogens is 5. The third-order valence-corrected chi connectivity index (χ3v) is 10.9. The van der Waals surface area contributed by atoms with Crippen LogP contribution >= 0.6 is 0 Å². The summed E-state index contributed by atoms with van der Waals surface area (Å²) in [5.74, 6) is 0.183. The van der Waals surface area contributed by atoms with Gasteiger partial charge >= 0.3 is 6.09 Å². The lowest BCUT2D eigenvalue weighted by Gasteiger charge is -2.37. The molecule has 0 radical (unpaired) electrons. The van der Waals surface area contributed by atoms with Gasteiger partial charge in [-0.2, -0.15) is 0 Å². The van der Waals surface area contributed by atoms with Crippen LogP contribution in [0.4, 0.5) is 10.5 Å². The van der Waals surface area contributed by atoms with Gasteiger partial charge in [0.05, 0.1) is 44.3 Å². The molecule has 1 atom stereocenters. The Bertz CT molecular complexity index is 2140. The van der Waals surface area contributed by atoms with Crippen molar-refractivity contribution >= 4 is 43.6 Å². The molecular formula is C37H45N7O5S. The Labute approximate surface area is 292 Å². The molecule has 2 fully saturated rings. The Hall–Kier alpha value is -4.49. The molecule has 0 saturated carbocycles. The normalized spacial score (nSPS) is 17.1. The minimum Gasteiger partial charge on any atom is -0.444 e. The average molecular weight is 700 g/mol. The van der Waals surface area contributed by atoms with Crippen LogP contribution in [0.5, 0.6) is 0 Å². The molecule has 2 saturated heterocycles. The monoisotopic (exact) mass is 699 g/mol. The van der Waals surface area contributed by atoms with Crippen LogP contribution in [-0.4, -0.2) is 95.2 Å². The van der Waals surface area contributed by atoms with Crippen molar-refractivity contribution in [2.75, 3.05) is 50.5 Å². The number of pyridine rings is 1. The number of hydrogen-bond donors (Lipinski definition) is 0. The topological polar surface area (TPSA) is 125 Å². The van der Waals surface area contributed by atoms with E-state index in [2.05, 4.69) is 38.0 Å². The molecule has 1 amide bonds. The van der Waals surface area contributed by atoms with Crippen molar-refractivity contribution in [3.05, 3.63) is 66.0 Å². The SMILES string of the molecule is Cc1nnn(C)c1-c1cnc2c3c(N4CCN(C(=O)OC(C)(C)C)CC4)ccc(S(C)(=O)=O)c3n([C@H](c3ccccc3)C3CCOCC3)c2c1. The van der Waals surface area contributed by atoms with Gasteiger partial charge in [-0.1, -0.05) is 35.5 Å². The Kier molecular flexibility index (Phi) is 8.83. The number of piperazine rings is 1. The summed E-state index contributed by atoms with van der Waals surface area (Å²) in [6.45, 7) is 10.9. The minimum absolute atomic E-state index is 0.183. The van der Waals surface area contributed by atoms with Crippen molar-refractivity contribution in [3.8, 4) is 11.3 Å². The molecule has 3 aromatic heterocycles. The van der Waals surface area contributed by atoms with Crippen LogP contribution in [0.25, 0.3) is 33.2 Å². The van der Waals surface area contributed by atoms with E-state index in [-0.39, 0.29) is 22.9 Å². The quantitative estimate of drug-likeness (QED) is 0.217. The van der Waals surface area contributed by atoms with Crippen LogP contribution in [0, 0.1) is 12.8 Å². The van der Waals surface area contributed by atoms with Gasteiger partial charge in [-0.15, -0.1) is 5.10 Å². The van der Waals surface area contributed by atoms with E-state index < -0.39 is 15.4 Å². The molecule has 7 rings (SSSR count). The molecular weight excluding hydrogens is 655 g/mol. The maximum Gasteiger partial charge on any atom is 0.410 e. The number of ether oxygens (including phenoxy) is 2. The summed E-state index contributed by atoms with van der Waals surface area (Å²) < 4.78 is 42.9. The molecule has 264 valence electrons. The Balaban J connectivity index is 1.49. The number of fused-ring (bicyclic) bond motifs is 3. The number of carbonyl (C=O) groups excluding carboxylic acids is 1. The largest absolute Gasteiger partial charge is 0.444 e. The summed E-state index contributed by atoms with van der Waals surface area (Å²) in [7, 11) is -1.82. The van der Waals surface area contributed by atoms with E-state index in [9.17, 15) is 13.2 Å². The fraction of sp³-hybridized carbons (Fsp3) is 0.459. The molecule has 12 nitrogen and oxygen atoms in total. The first-order chi connectivity index (χ1) is 23.8. The van der Waals surface area contributed by atoms with E-state index in [1.165, 1.54) is 6.26 Å². The maximum atomic E-state index is 13.7. The highest BCUT2D eigenvalue weighted by molar-refractivity contribution is 7.91. The highest BCUT2D eigenvalue weighted by Gasteiger charge is 2.35. The van der Waals surface area contributed by atoms with Crippen LogP contribution in [0.3, 0.4) is 0 Å². The molecule has 0 aliphatic carbocycles. The number of anilines is 1. The van der Waals surface area contributed by atoms with E-state index in [4.69, 9.17) is 14.5 Å². The summed E-state index contributed by atoms with van der Waals surface area (Å²) in [5.41, 5.74) is 6.06. The Morgan fingerprint density at radius 2 is 1.72 bits per heavy atom. The number of hydrogen-bond acceptors (Lipinski definition) is 9. The van der Waals surface area contributed by atoms with Gasteiger partial charge in [-0.05, 0) is 70.2 Å². The van der Waals surface area contributed by atoms with Crippen LogP contribution in [0.15, 0.2) is 59.6 Å². The fourth-order valence-corrected chi connectivity index (χ4v) is 8.46. The predicted molar refractivity (Wildman–Crippen MR) is 193 cm³/mol. The molecule has 0 unspecified atom stereocenters. The van der Waals surface area contributed by atoms with Crippen molar-refractivity contribution in [2.24, 2.45) is 13.0 Å². The van der Waals surface area contributed by atoms with E-state index in [1.807, 2.05) is 65.2 Å². The fourth-order valence-electron chi connectivity index (χ4n) is 7.59. The molecule has 0 bridgehead atoms. The smallest absolute Gasteiger partial charge is 0.410 e. The molecule has 2 aromatic carbocycles. The number of sulfone groups is 1. The lowest BCUT2D eigenvalue weighted by molar-refractivity contribution is 0.0240. The van der Waals surface area contributed by atoms with Crippen molar-refractivity contribution < 1.29 is 22.7 Å². The van der Waals surface area contributed by atoms with E-state index in [0.717, 1.165) is 57.5 Å². The molecule has 5 heterocycles. The second-order valence-electron chi connectivity index (χ2n) is 14.4. The van der Waals surface area contributed by atoms with Crippen molar-refractivity contribution in [1.82, 2.24) is 29.4 Å². The van der Waals surface area contributed by atoms with Crippen molar-refractivity contribution in [1.29, 1.82) is 0 Å². The van der Waals surface area contributed by atoms with E-state index in [1.54, 1.807) is 15.6 Å². The number of benzene rings is 2. The third kappa shape index (κ3) is 6.32. The van der Waals surface area contributed by atoms with E-state index in [0.29, 0.717) is 44.9 Å². The van der Waals surface area contributed by atoms with Gasteiger partial charge in [0.25, 0.3) is 0 Å². The first-order valence-corrected chi connectivity index (χ1v) is 19.1. The Morgan fingerprint density at radius 1 is 1.02 bits per heavy atom. The highest BCUT2D eigenvalue weighted by Crippen LogP contribution is 2.46. The second-order valence-corrected chi connectivity index (χ2v) is 16.4. The first kappa shape index (κ1) is 34.0. The number of aryl methyl sites for hydroxylation is 2. The lowest BCUT2D eigenvalue weighted by atomic mass is 9.86. The lowest BCUT2D eigenvalue weighted by Crippen LogP contribution is -2.50. The van der Waals surface area contributed by atoms with Gasteiger partial charge in [0.2, 0.25) is 0 Å². The third-order valence-electron chi connectivity index (χ3n) is 9.80. The highest BCUT2D eigenvalue weighted by atomic mass is 32.2. The molecule has 5 aromatic rings. The maximum absolute atomic E-state index is 13.7. The Morgan fingerprint density at radius 3 is 2.34 bits per heavy atom. The van der Waals surface area contributed by atoms with Gasteiger partial charge in [0.15, 0.2) is 9.84 Å². The zero-order valence-corrected chi connectivity index (χ0v) is 30.4. The molecule has 0 N–H and O–H groups in total. The summed E-state index contributed by atoms with van der Waals surface area (Å²) in [6, 6.07) is 15.9. The molecule has 0 spiro atoms. The number of nitrogens with zero attached hydrogens (tertiary/aromatic N) is 7. The molecule has 2 aliphatic rings. The van der Waals surface area contributed by atoms with Crippen LogP contribution in [0.1, 0.15) is 50.9 Å². The van der Waals surface area contributed by atoms with Crippen LogP contribution < -0.4 is 4.90 Å². The van der Waals surface area contributed by atoms with E-state index >= 15 is 0 Å². The van der Waals surface area contributed by atoms with Gasteiger partial charge in [0, 0.05) is 70.1 Å². The van der Waals surface area contributed by atoms with Gasteiger partial charge in [-0.3, -0.25) is 4.98 Å². The predicted octanol–water partition coefficient (Wildman–Crippen LogP) is 5.77. The van der Waals surface area contributed by atoms with Crippen molar-refractivity contribution in [2.45, 2.75) is 57.1 Å². The van der Waals surface area contributed by atoms with Crippen LogP contribution in [-0.2, 0) is 26.4 Å². The summed E-state index contributed by atoms with van der Waals surface area (Å²) >= 11 is 0. The summed E-state index contributed by atoms with van der Waals surface area (Å²) in [6.07, 6.45) is 4.44. The van der Waals surface area contributed by atoms with Crippen molar-refractivity contribution in [3.63, 3.8) is 0 Å². The second kappa shape index (κ2) is 13.0. The molecule has 50 heavy (non-hydrogen) atoms. The number of rotatable bonds is 6. The standard InChI is InChI=1S/C37H45N7O5S/c1-24-33(41(5)40-39-24)27-22-29-32(38-23-27)31-28(42-16-18-43(19-17-42)36(45)49-37(2,3)4)12-13-30(50(6,46)47)35(31)44(29)34(25-10-8-7-9-11-25)26-14-20-48-21-15-26/h7-13,22-23,26,34H,14-21H2,1-6H3/t34-/m1/s1. The minimum atomic E-state index is -3.68. The van der Waals surface area contributed by atoms with Gasteiger partial charge < -0.3 is 23.8 Å². The van der Waals surface area contributed by atoms with Gasteiger partial charge in [-0.25, -0.2) is 17.9 Å². The van der Waals surface area contributed by atoms with Crippen LogP contribution in [0.2, 0.25) is 0 Å². The number of carbonyl (C=O) groups is 1. The summed E-state index contributed by atoms with van der Waals surface area (Å²) in [5, 5.41) is 9.33. The zero-order valence-electron chi connectivity index (χ0n) is 29.6. The zero-order chi connectivity index (χ0) is 35.4. The first-order valence-electron chi connectivity index (χ1n) is 17.2.